The number of benzene rings is 1. The van der Waals surface area contributed by atoms with Crippen molar-refractivity contribution < 1.29 is 38.3 Å². The average Bonchev–Trinajstić information content (AvgIpc) is 3.43. The number of hydrogen-bond acceptors (Lipinski definition) is 11. The van der Waals surface area contributed by atoms with Gasteiger partial charge in [-0.2, -0.15) is 0 Å². The molecular weight excluding hydrogens is 521 g/mol. The number of phosphoric acid groups is 1. The van der Waals surface area contributed by atoms with Gasteiger partial charge in [0.25, 0.3) is 0 Å². The Morgan fingerprint density at radius 2 is 1.97 bits per heavy atom. The Morgan fingerprint density at radius 3 is 2.61 bits per heavy atom. The second-order valence-corrected chi connectivity index (χ2v) is 10.2. The largest absolute Gasteiger partial charge is 0.497 e. The van der Waals surface area contributed by atoms with Gasteiger partial charge >= 0.3 is 7.82 Å². The summed E-state index contributed by atoms with van der Waals surface area (Å²) in [5.74, 6) is 0.604. The summed E-state index contributed by atoms with van der Waals surface area (Å²) < 4.78 is 28.5. The number of nitrogens with two attached hydrogens (primary N) is 1. The SMILES string of the molecule is COc1ccc(CC(N)C(=O)NC2C(COP(=O)(O)O)OC(n3cnc4c(N(C)C)ncnc43)C2O)cc1. The molecule has 206 valence electrons. The van der Waals surface area contributed by atoms with E-state index in [4.69, 9.17) is 15.2 Å². The zero-order valence-electron chi connectivity index (χ0n) is 20.9. The first-order valence-electron chi connectivity index (χ1n) is 11.6. The summed E-state index contributed by atoms with van der Waals surface area (Å²) >= 11 is 0. The molecule has 1 amide bonds. The van der Waals surface area contributed by atoms with Crippen LogP contribution in [0.15, 0.2) is 36.9 Å². The molecule has 3 aromatic rings. The summed E-state index contributed by atoms with van der Waals surface area (Å²) in [6.45, 7) is -0.610. The van der Waals surface area contributed by atoms with Crippen molar-refractivity contribution in [2.75, 3.05) is 32.7 Å². The number of carbonyl (C=O) groups is 1. The summed E-state index contributed by atoms with van der Waals surface area (Å²) in [7, 11) is 0.263. The molecule has 4 rings (SSSR count). The Hall–Kier alpha value is -3.17. The molecule has 1 aliphatic rings. The summed E-state index contributed by atoms with van der Waals surface area (Å²) in [5.41, 5.74) is 7.71. The lowest BCUT2D eigenvalue weighted by Gasteiger charge is -2.23. The highest BCUT2D eigenvalue weighted by atomic mass is 31.2. The van der Waals surface area contributed by atoms with Crippen molar-refractivity contribution in [3.63, 3.8) is 0 Å². The lowest BCUT2D eigenvalue weighted by Crippen LogP contribution is -2.53. The third kappa shape index (κ3) is 6.10. The molecule has 0 saturated carbocycles. The van der Waals surface area contributed by atoms with Crippen LogP contribution < -0.4 is 20.7 Å². The third-order valence-corrected chi connectivity index (χ3v) is 6.56. The molecule has 1 aromatic carbocycles. The van der Waals surface area contributed by atoms with Gasteiger partial charge < -0.3 is 40.3 Å². The van der Waals surface area contributed by atoms with E-state index in [9.17, 15) is 24.3 Å². The molecule has 0 radical (unpaired) electrons. The van der Waals surface area contributed by atoms with Crippen LogP contribution in [0.3, 0.4) is 0 Å². The Labute approximate surface area is 217 Å². The van der Waals surface area contributed by atoms with Gasteiger partial charge in [0.2, 0.25) is 5.91 Å². The lowest BCUT2D eigenvalue weighted by atomic mass is 10.0. The Kier molecular flexibility index (Phi) is 8.28. The van der Waals surface area contributed by atoms with Gasteiger partial charge in [-0.3, -0.25) is 13.9 Å². The number of amides is 1. The number of phosphoric ester groups is 1. The van der Waals surface area contributed by atoms with Crippen LogP contribution in [0.4, 0.5) is 5.82 Å². The zero-order valence-corrected chi connectivity index (χ0v) is 21.8. The van der Waals surface area contributed by atoms with E-state index < -0.39 is 50.9 Å². The summed E-state index contributed by atoms with van der Waals surface area (Å²) in [6.07, 6.45) is -0.675. The average molecular weight is 551 g/mol. The van der Waals surface area contributed by atoms with Crippen LogP contribution in [0, 0.1) is 0 Å². The number of hydrogen-bond donors (Lipinski definition) is 5. The van der Waals surface area contributed by atoms with Crippen molar-refractivity contribution in [3.8, 4) is 5.75 Å². The maximum absolute atomic E-state index is 13.0. The number of rotatable bonds is 10. The van der Waals surface area contributed by atoms with Gasteiger partial charge in [0.15, 0.2) is 23.2 Å². The molecular formula is C22H30N7O8P. The predicted octanol–water partition coefficient (Wildman–Crippen LogP) is -0.677. The van der Waals surface area contributed by atoms with Crippen molar-refractivity contribution in [1.82, 2.24) is 24.8 Å². The van der Waals surface area contributed by atoms with Crippen LogP contribution in [0.1, 0.15) is 11.8 Å². The van der Waals surface area contributed by atoms with Gasteiger partial charge in [-0.1, -0.05) is 12.1 Å². The maximum Gasteiger partial charge on any atom is 0.469 e. The lowest BCUT2D eigenvalue weighted by molar-refractivity contribution is -0.124. The number of aliphatic hydroxyl groups is 1. The van der Waals surface area contributed by atoms with Crippen molar-refractivity contribution >= 4 is 30.7 Å². The highest BCUT2D eigenvalue weighted by Crippen LogP contribution is 2.39. The number of aliphatic hydroxyl groups excluding tert-OH is 1. The van der Waals surface area contributed by atoms with E-state index in [-0.39, 0.29) is 6.42 Å². The molecule has 0 spiro atoms. The number of methoxy groups -OCH3 is 1. The quantitative estimate of drug-likeness (QED) is 0.198. The molecule has 0 bridgehead atoms. The van der Waals surface area contributed by atoms with E-state index in [0.29, 0.717) is 22.7 Å². The topological polar surface area (TPSA) is 207 Å². The fourth-order valence-electron chi connectivity index (χ4n) is 4.20. The standard InChI is InChI=1S/C22H30N7O8P/c1-28(2)19-17-20(25-10-24-19)29(11-26-17)22-18(30)16(15(37-22)9-36-38(32,33)34)27-21(31)14(23)8-12-4-6-13(35-3)7-5-12/h4-7,10-11,14-16,18,22,30H,8-9,23H2,1-3H3,(H,27,31)(H2,32,33,34). The van der Waals surface area contributed by atoms with Crippen molar-refractivity contribution in [1.29, 1.82) is 0 Å². The molecule has 0 aliphatic carbocycles. The fraction of sp³-hybridized carbons (Fsp3) is 0.455. The smallest absolute Gasteiger partial charge is 0.469 e. The highest BCUT2D eigenvalue weighted by Gasteiger charge is 2.47. The number of aromatic nitrogens is 4. The highest BCUT2D eigenvalue weighted by molar-refractivity contribution is 7.46. The van der Waals surface area contributed by atoms with Gasteiger partial charge in [-0.15, -0.1) is 0 Å². The Morgan fingerprint density at radius 1 is 1.26 bits per heavy atom. The van der Waals surface area contributed by atoms with E-state index in [0.717, 1.165) is 5.56 Å². The second-order valence-electron chi connectivity index (χ2n) is 8.95. The van der Waals surface area contributed by atoms with Crippen molar-refractivity contribution in [2.24, 2.45) is 5.73 Å². The number of anilines is 1. The van der Waals surface area contributed by atoms with Crippen LogP contribution in [0.5, 0.6) is 5.75 Å². The minimum absolute atomic E-state index is 0.197. The first-order valence-corrected chi connectivity index (χ1v) is 13.1. The van der Waals surface area contributed by atoms with Gasteiger partial charge in [0, 0.05) is 14.1 Å². The summed E-state index contributed by atoms with van der Waals surface area (Å²) in [6, 6.07) is 4.95. The minimum atomic E-state index is -4.86. The van der Waals surface area contributed by atoms with Crippen molar-refractivity contribution in [2.45, 2.75) is 36.9 Å². The number of nitrogens with one attached hydrogen (secondary N) is 1. The number of fused-ring (bicyclic) bond motifs is 1. The number of ether oxygens (including phenoxy) is 2. The van der Waals surface area contributed by atoms with Crippen LogP contribution >= 0.6 is 7.82 Å². The first kappa shape index (κ1) is 27.9. The molecule has 1 saturated heterocycles. The van der Waals surface area contributed by atoms with Gasteiger partial charge in [0.1, 0.15) is 24.3 Å². The van der Waals surface area contributed by atoms with Crippen LogP contribution in [-0.2, 0) is 25.0 Å². The van der Waals surface area contributed by atoms with E-state index in [2.05, 4.69) is 24.8 Å². The molecule has 2 aromatic heterocycles. The molecule has 1 fully saturated rings. The molecule has 16 heteroatoms. The van der Waals surface area contributed by atoms with Gasteiger partial charge in [-0.05, 0) is 24.1 Å². The van der Waals surface area contributed by atoms with Crippen LogP contribution in [0.25, 0.3) is 11.2 Å². The van der Waals surface area contributed by atoms with E-state index in [1.807, 2.05) is 0 Å². The zero-order chi connectivity index (χ0) is 27.6. The molecule has 5 unspecified atom stereocenters. The van der Waals surface area contributed by atoms with E-state index in [1.165, 1.54) is 17.2 Å². The molecule has 3 heterocycles. The maximum atomic E-state index is 13.0. The van der Waals surface area contributed by atoms with Crippen molar-refractivity contribution in [3.05, 3.63) is 42.5 Å². The molecule has 1 aliphatic heterocycles. The molecule has 5 atom stereocenters. The van der Waals surface area contributed by atoms with Crippen LogP contribution in [-0.4, -0.2) is 92.4 Å². The van der Waals surface area contributed by atoms with Crippen LogP contribution in [0.2, 0.25) is 0 Å². The normalized spacial score (nSPS) is 22.4. The van der Waals surface area contributed by atoms with E-state index >= 15 is 0 Å². The Balaban J connectivity index is 1.55. The molecule has 15 nitrogen and oxygen atoms in total. The predicted molar refractivity (Wildman–Crippen MR) is 134 cm³/mol. The fourth-order valence-corrected chi connectivity index (χ4v) is 4.54. The summed E-state index contributed by atoms with van der Waals surface area (Å²) in [5, 5.41) is 13.8. The third-order valence-electron chi connectivity index (χ3n) is 6.08. The van der Waals surface area contributed by atoms with Gasteiger partial charge in [-0.25, -0.2) is 19.5 Å². The molecule has 38 heavy (non-hydrogen) atoms. The summed E-state index contributed by atoms with van der Waals surface area (Å²) in [4.78, 5) is 45.9. The number of imidazole rings is 1. The van der Waals surface area contributed by atoms with E-state index in [1.54, 1.807) is 50.4 Å². The second kappa shape index (κ2) is 11.3. The first-order chi connectivity index (χ1) is 18.0. The Bertz CT molecular complexity index is 1310. The monoisotopic (exact) mass is 551 g/mol. The van der Waals surface area contributed by atoms with Gasteiger partial charge in [0.05, 0.1) is 32.1 Å². The number of carbonyl (C=O) groups excluding carboxylic acids is 1. The molecule has 6 N–H and O–H groups in total. The number of nitrogens with zero attached hydrogens (tertiary/aromatic N) is 5. The minimum Gasteiger partial charge on any atom is -0.497 e.